The number of amides is 1. The summed E-state index contributed by atoms with van der Waals surface area (Å²) in [5.41, 5.74) is 4.60. The zero-order chi connectivity index (χ0) is 14.8. The molecule has 4 nitrogen and oxygen atoms in total. The van der Waals surface area contributed by atoms with Crippen LogP contribution in [-0.2, 0) is 6.54 Å². The molecular weight excluding hydrogens is 262 g/mol. The molecule has 0 saturated heterocycles. The number of aromatic nitrogens is 2. The molecule has 0 radical (unpaired) electrons. The predicted molar refractivity (Wildman–Crippen MR) is 82.3 cm³/mol. The molecule has 3 rings (SSSR count). The molecule has 1 aromatic carbocycles. The first-order chi connectivity index (χ1) is 10.1. The van der Waals surface area contributed by atoms with Crippen molar-refractivity contribution >= 4 is 11.6 Å². The van der Waals surface area contributed by atoms with Gasteiger partial charge in [-0.05, 0) is 43.2 Å². The van der Waals surface area contributed by atoms with E-state index in [0.717, 1.165) is 16.9 Å². The first-order valence-corrected chi connectivity index (χ1v) is 6.91. The maximum absolute atomic E-state index is 12.2. The number of hydrogen-bond acceptors (Lipinski definition) is 2. The van der Waals surface area contributed by atoms with E-state index in [9.17, 15) is 4.79 Å². The highest BCUT2D eigenvalue weighted by molar-refractivity contribution is 5.95. The number of hydrogen-bond donors (Lipinski definition) is 1. The molecule has 0 saturated carbocycles. The van der Waals surface area contributed by atoms with E-state index >= 15 is 0 Å². The van der Waals surface area contributed by atoms with Gasteiger partial charge in [-0.2, -0.15) is 0 Å². The molecule has 1 N–H and O–H groups in total. The van der Waals surface area contributed by atoms with Gasteiger partial charge < -0.3 is 9.72 Å². The van der Waals surface area contributed by atoms with Crippen LogP contribution in [0.5, 0.6) is 0 Å². The molecule has 0 fully saturated rings. The first kappa shape index (κ1) is 13.4. The molecule has 106 valence electrons. The summed E-state index contributed by atoms with van der Waals surface area (Å²) in [6, 6.07) is 11.6. The minimum Gasteiger partial charge on any atom is -0.346 e. The van der Waals surface area contributed by atoms with Crippen LogP contribution in [0.25, 0.3) is 5.65 Å². The maximum atomic E-state index is 12.2. The Morgan fingerprint density at radius 3 is 2.86 bits per heavy atom. The summed E-state index contributed by atoms with van der Waals surface area (Å²) in [5, 5.41) is 2.92. The van der Waals surface area contributed by atoms with Crippen LogP contribution in [0, 0.1) is 13.8 Å². The molecule has 4 heteroatoms. The molecule has 3 aromatic rings. The summed E-state index contributed by atoms with van der Waals surface area (Å²) in [6.07, 6.45) is 3.91. The van der Waals surface area contributed by atoms with E-state index in [1.54, 1.807) is 0 Å². The van der Waals surface area contributed by atoms with Crippen LogP contribution in [0.2, 0.25) is 0 Å². The maximum Gasteiger partial charge on any atom is 0.251 e. The molecule has 0 aliphatic rings. The molecule has 2 heterocycles. The largest absolute Gasteiger partial charge is 0.346 e. The Balaban J connectivity index is 1.74. The number of carbonyl (C=O) groups is 1. The van der Waals surface area contributed by atoms with Crippen LogP contribution in [-0.4, -0.2) is 15.3 Å². The van der Waals surface area contributed by atoms with Gasteiger partial charge >= 0.3 is 0 Å². The van der Waals surface area contributed by atoms with Crippen molar-refractivity contribution in [2.75, 3.05) is 0 Å². The SMILES string of the molecule is Cc1ccn2cc(CNC(=O)c3ccccc3C)nc2c1. The van der Waals surface area contributed by atoms with Gasteiger partial charge in [0.25, 0.3) is 5.91 Å². The summed E-state index contributed by atoms with van der Waals surface area (Å²) >= 11 is 0. The Morgan fingerprint density at radius 2 is 2.05 bits per heavy atom. The van der Waals surface area contributed by atoms with E-state index in [1.165, 1.54) is 5.56 Å². The molecule has 21 heavy (non-hydrogen) atoms. The molecular formula is C17H17N3O. The van der Waals surface area contributed by atoms with Gasteiger partial charge in [0.05, 0.1) is 12.2 Å². The second kappa shape index (κ2) is 5.40. The third kappa shape index (κ3) is 2.79. The van der Waals surface area contributed by atoms with Crippen LogP contribution in [0.15, 0.2) is 48.8 Å². The minimum atomic E-state index is -0.0682. The van der Waals surface area contributed by atoms with Gasteiger partial charge in [0, 0.05) is 18.0 Å². The highest BCUT2D eigenvalue weighted by atomic mass is 16.1. The lowest BCUT2D eigenvalue weighted by Crippen LogP contribution is -2.23. The van der Waals surface area contributed by atoms with Crippen molar-refractivity contribution in [1.82, 2.24) is 14.7 Å². The lowest BCUT2D eigenvalue weighted by molar-refractivity contribution is 0.0950. The van der Waals surface area contributed by atoms with Gasteiger partial charge in [-0.15, -0.1) is 0 Å². The van der Waals surface area contributed by atoms with Crippen molar-refractivity contribution in [3.8, 4) is 0 Å². The summed E-state index contributed by atoms with van der Waals surface area (Å²) in [4.78, 5) is 16.7. The van der Waals surface area contributed by atoms with Crippen LogP contribution in [0.1, 0.15) is 27.2 Å². The smallest absolute Gasteiger partial charge is 0.251 e. The van der Waals surface area contributed by atoms with Crippen molar-refractivity contribution in [2.24, 2.45) is 0 Å². The fourth-order valence-corrected chi connectivity index (χ4v) is 2.32. The van der Waals surface area contributed by atoms with E-state index in [0.29, 0.717) is 12.1 Å². The van der Waals surface area contributed by atoms with Crippen molar-refractivity contribution in [3.05, 3.63) is 71.2 Å². The topological polar surface area (TPSA) is 46.4 Å². The number of benzene rings is 1. The summed E-state index contributed by atoms with van der Waals surface area (Å²) in [7, 11) is 0. The lowest BCUT2D eigenvalue weighted by Gasteiger charge is -2.05. The monoisotopic (exact) mass is 279 g/mol. The van der Waals surface area contributed by atoms with E-state index in [-0.39, 0.29) is 5.91 Å². The predicted octanol–water partition coefficient (Wildman–Crippen LogP) is 2.88. The third-order valence-corrected chi connectivity index (χ3v) is 3.49. The molecule has 0 atom stereocenters. The highest BCUT2D eigenvalue weighted by Crippen LogP contribution is 2.09. The second-order valence-corrected chi connectivity index (χ2v) is 5.20. The summed E-state index contributed by atoms with van der Waals surface area (Å²) in [5.74, 6) is -0.0682. The normalized spacial score (nSPS) is 10.8. The van der Waals surface area contributed by atoms with Gasteiger partial charge in [0.15, 0.2) is 0 Å². The molecule has 2 aromatic heterocycles. The van der Waals surface area contributed by atoms with Gasteiger partial charge in [-0.3, -0.25) is 4.79 Å². The number of rotatable bonds is 3. The Morgan fingerprint density at radius 1 is 1.24 bits per heavy atom. The molecule has 1 amide bonds. The van der Waals surface area contributed by atoms with E-state index in [2.05, 4.69) is 10.3 Å². The van der Waals surface area contributed by atoms with Crippen molar-refractivity contribution < 1.29 is 4.79 Å². The van der Waals surface area contributed by atoms with E-state index in [4.69, 9.17) is 0 Å². The Hall–Kier alpha value is -2.62. The average Bonchev–Trinajstić information content (AvgIpc) is 2.87. The standard InChI is InChI=1S/C17H17N3O/c1-12-7-8-20-11-14(19-16(20)9-12)10-18-17(21)15-6-4-3-5-13(15)2/h3-9,11H,10H2,1-2H3,(H,18,21). The second-order valence-electron chi connectivity index (χ2n) is 5.20. The average molecular weight is 279 g/mol. The number of nitrogens with one attached hydrogen (secondary N) is 1. The van der Waals surface area contributed by atoms with Gasteiger partial charge in [0.2, 0.25) is 0 Å². The molecule has 0 unspecified atom stereocenters. The van der Waals surface area contributed by atoms with Crippen LogP contribution < -0.4 is 5.32 Å². The molecule has 0 aliphatic carbocycles. The fourth-order valence-electron chi connectivity index (χ4n) is 2.32. The molecule has 0 spiro atoms. The zero-order valence-corrected chi connectivity index (χ0v) is 12.1. The van der Waals surface area contributed by atoms with E-state index < -0.39 is 0 Å². The minimum absolute atomic E-state index is 0.0682. The number of fused-ring (bicyclic) bond motifs is 1. The first-order valence-electron chi connectivity index (χ1n) is 6.91. The Labute approximate surface area is 123 Å². The molecule has 0 bridgehead atoms. The van der Waals surface area contributed by atoms with Crippen molar-refractivity contribution in [1.29, 1.82) is 0 Å². The Kier molecular flexibility index (Phi) is 3.44. The number of imidazole rings is 1. The van der Waals surface area contributed by atoms with Crippen LogP contribution in [0.3, 0.4) is 0 Å². The van der Waals surface area contributed by atoms with Gasteiger partial charge in [-0.1, -0.05) is 18.2 Å². The van der Waals surface area contributed by atoms with Gasteiger partial charge in [0.1, 0.15) is 5.65 Å². The van der Waals surface area contributed by atoms with Crippen LogP contribution >= 0.6 is 0 Å². The lowest BCUT2D eigenvalue weighted by atomic mass is 10.1. The van der Waals surface area contributed by atoms with Gasteiger partial charge in [-0.25, -0.2) is 4.98 Å². The van der Waals surface area contributed by atoms with Crippen LogP contribution in [0.4, 0.5) is 0 Å². The number of nitrogens with zero attached hydrogens (tertiary/aromatic N) is 2. The molecule has 0 aliphatic heterocycles. The summed E-state index contributed by atoms with van der Waals surface area (Å²) < 4.78 is 1.96. The highest BCUT2D eigenvalue weighted by Gasteiger charge is 2.09. The number of aryl methyl sites for hydroxylation is 2. The Bertz CT molecular complexity index is 805. The number of carbonyl (C=O) groups excluding carboxylic acids is 1. The summed E-state index contributed by atoms with van der Waals surface area (Å²) in [6.45, 7) is 4.39. The van der Waals surface area contributed by atoms with E-state index in [1.807, 2.05) is 67.0 Å². The quantitative estimate of drug-likeness (QED) is 0.801. The van der Waals surface area contributed by atoms with Crippen molar-refractivity contribution in [3.63, 3.8) is 0 Å². The zero-order valence-electron chi connectivity index (χ0n) is 12.1. The fraction of sp³-hybridized carbons (Fsp3) is 0.176. The number of pyridine rings is 1. The van der Waals surface area contributed by atoms with Crippen molar-refractivity contribution in [2.45, 2.75) is 20.4 Å². The third-order valence-electron chi connectivity index (χ3n) is 3.49.